The van der Waals surface area contributed by atoms with Gasteiger partial charge in [0.05, 0.1) is 5.92 Å². The number of nitrogens with one attached hydrogen (secondary N) is 1. The van der Waals surface area contributed by atoms with Gasteiger partial charge in [0.1, 0.15) is 0 Å². The number of hydrogen-bond acceptors (Lipinski definition) is 3. The van der Waals surface area contributed by atoms with Crippen LogP contribution in [-0.4, -0.2) is 43.5 Å². The molecule has 2 aliphatic heterocycles. The molecule has 2 saturated heterocycles. The normalized spacial score (nSPS) is 22.3. The van der Waals surface area contributed by atoms with E-state index in [0.717, 1.165) is 52.0 Å². The summed E-state index contributed by atoms with van der Waals surface area (Å²) < 4.78 is 26.7. The first-order valence-electron chi connectivity index (χ1n) is 10.8. The monoisotopic (exact) mass is 413 g/mol. The van der Waals surface area contributed by atoms with Crippen LogP contribution in [-0.2, 0) is 11.3 Å². The van der Waals surface area contributed by atoms with E-state index in [2.05, 4.69) is 39.4 Å². The summed E-state index contributed by atoms with van der Waals surface area (Å²) in [4.78, 5) is 17.2. The Morgan fingerprint density at radius 1 is 1.00 bits per heavy atom. The maximum absolute atomic E-state index is 13.5. The third-order valence-corrected chi connectivity index (χ3v) is 6.24. The van der Waals surface area contributed by atoms with E-state index in [0.29, 0.717) is 18.2 Å². The Hall–Kier alpha value is -2.47. The van der Waals surface area contributed by atoms with Crippen molar-refractivity contribution in [2.75, 3.05) is 37.6 Å². The van der Waals surface area contributed by atoms with Crippen LogP contribution in [0.25, 0.3) is 0 Å². The Bertz CT molecular complexity index is 861. The van der Waals surface area contributed by atoms with Gasteiger partial charge in [0.25, 0.3) is 0 Å². The predicted molar refractivity (Wildman–Crippen MR) is 114 cm³/mol. The van der Waals surface area contributed by atoms with Crippen molar-refractivity contribution in [3.8, 4) is 0 Å². The molecule has 0 saturated carbocycles. The molecular weight excluding hydrogens is 384 g/mol. The van der Waals surface area contributed by atoms with Crippen LogP contribution < -0.4 is 10.2 Å². The second kappa shape index (κ2) is 9.56. The second-order valence-corrected chi connectivity index (χ2v) is 8.50. The molecule has 6 heteroatoms. The molecular formula is C24H29F2N3O. The van der Waals surface area contributed by atoms with Crippen LogP contribution in [0.1, 0.15) is 24.8 Å². The second-order valence-electron chi connectivity index (χ2n) is 8.50. The summed E-state index contributed by atoms with van der Waals surface area (Å²) in [6.45, 7) is 4.89. The van der Waals surface area contributed by atoms with Gasteiger partial charge in [-0.1, -0.05) is 30.3 Å². The van der Waals surface area contributed by atoms with Gasteiger partial charge in [0, 0.05) is 44.5 Å². The number of carbonyl (C=O) groups is 1. The molecule has 0 bridgehead atoms. The van der Waals surface area contributed by atoms with Gasteiger partial charge >= 0.3 is 0 Å². The molecule has 2 aliphatic rings. The van der Waals surface area contributed by atoms with Crippen molar-refractivity contribution in [1.82, 2.24) is 10.2 Å². The van der Waals surface area contributed by atoms with Crippen molar-refractivity contribution in [2.45, 2.75) is 25.8 Å². The Balaban J connectivity index is 1.24. The number of rotatable bonds is 6. The molecule has 30 heavy (non-hydrogen) atoms. The first-order chi connectivity index (χ1) is 14.6. The number of likely N-dealkylation sites (tertiary alicyclic amines) is 1. The molecule has 0 aromatic heterocycles. The summed E-state index contributed by atoms with van der Waals surface area (Å²) >= 11 is 0. The maximum Gasteiger partial charge on any atom is 0.224 e. The quantitative estimate of drug-likeness (QED) is 0.782. The predicted octanol–water partition coefficient (Wildman–Crippen LogP) is 3.82. The third-order valence-electron chi connectivity index (χ3n) is 6.24. The molecule has 0 radical (unpaired) electrons. The molecule has 2 aromatic rings. The summed E-state index contributed by atoms with van der Waals surface area (Å²) in [6, 6.07) is 14.4. The van der Waals surface area contributed by atoms with Crippen molar-refractivity contribution in [3.63, 3.8) is 0 Å². The van der Waals surface area contributed by atoms with Crippen LogP contribution in [0.4, 0.5) is 14.5 Å². The number of nitrogens with zero attached hydrogens (tertiary/aromatic N) is 2. The molecule has 0 spiro atoms. The van der Waals surface area contributed by atoms with Gasteiger partial charge in [-0.2, -0.15) is 0 Å². The molecule has 2 aromatic carbocycles. The zero-order valence-corrected chi connectivity index (χ0v) is 17.2. The number of amides is 1. The van der Waals surface area contributed by atoms with E-state index < -0.39 is 11.6 Å². The van der Waals surface area contributed by atoms with Gasteiger partial charge in [0.2, 0.25) is 5.91 Å². The molecule has 2 fully saturated rings. The highest BCUT2D eigenvalue weighted by Crippen LogP contribution is 2.25. The van der Waals surface area contributed by atoms with Gasteiger partial charge in [-0.15, -0.1) is 0 Å². The Kier molecular flexibility index (Phi) is 6.62. The number of benzene rings is 2. The van der Waals surface area contributed by atoms with E-state index in [1.165, 1.54) is 17.7 Å². The van der Waals surface area contributed by atoms with Gasteiger partial charge in [-0.3, -0.25) is 9.69 Å². The molecule has 4 nitrogen and oxygen atoms in total. The zero-order chi connectivity index (χ0) is 20.9. The van der Waals surface area contributed by atoms with Crippen LogP contribution >= 0.6 is 0 Å². The summed E-state index contributed by atoms with van der Waals surface area (Å²) in [5.74, 6) is -1.14. The molecule has 160 valence electrons. The Labute approximate surface area is 176 Å². The Morgan fingerprint density at radius 2 is 1.83 bits per heavy atom. The summed E-state index contributed by atoms with van der Waals surface area (Å²) in [6.07, 6.45) is 2.91. The highest BCUT2D eigenvalue weighted by molar-refractivity contribution is 5.79. The number of carbonyl (C=O) groups excluding carboxylic acids is 1. The van der Waals surface area contributed by atoms with Crippen molar-refractivity contribution < 1.29 is 13.6 Å². The number of hydrogen-bond donors (Lipinski definition) is 1. The van der Waals surface area contributed by atoms with E-state index in [4.69, 9.17) is 0 Å². The van der Waals surface area contributed by atoms with Crippen LogP contribution in [0.5, 0.6) is 0 Å². The molecule has 0 aliphatic carbocycles. The minimum Gasteiger partial charge on any atom is -0.371 e. The van der Waals surface area contributed by atoms with E-state index in [1.807, 2.05) is 6.07 Å². The smallest absolute Gasteiger partial charge is 0.224 e. The van der Waals surface area contributed by atoms with Crippen molar-refractivity contribution in [3.05, 3.63) is 65.7 Å². The van der Waals surface area contributed by atoms with Crippen molar-refractivity contribution >= 4 is 11.6 Å². The lowest BCUT2D eigenvalue weighted by Gasteiger charge is -2.32. The number of halogens is 2. The molecule has 1 N–H and O–H groups in total. The average molecular weight is 414 g/mol. The minimum atomic E-state index is -0.824. The minimum absolute atomic E-state index is 0.0335. The van der Waals surface area contributed by atoms with Crippen LogP contribution in [0.2, 0.25) is 0 Å². The van der Waals surface area contributed by atoms with Gasteiger partial charge < -0.3 is 10.2 Å². The summed E-state index contributed by atoms with van der Waals surface area (Å²) in [5, 5.41) is 3.14. The zero-order valence-electron chi connectivity index (χ0n) is 17.2. The fraction of sp³-hybridized carbons (Fsp3) is 0.458. The van der Waals surface area contributed by atoms with Gasteiger partial charge in [-0.25, -0.2) is 8.78 Å². The highest BCUT2D eigenvalue weighted by Gasteiger charge is 2.28. The van der Waals surface area contributed by atoms with Crippen LogP contribution in [0, 0.1) is 23.5 Å². The summed E-state index contributed by atoms with van der Waals surface area (Å²) in [7, 11) is 0. The largest absolute Gasteiger partial charge is 0.371 e. The molecule has 0 unspecified atom stereocenters. The maximum atomic E-state index is 13.5. The van der Waals surface area contributed by atoms with E-state index >= 15 is 0 Å². The standard InChI is InChI=1S/C24H29F2N3O/c25-22-9-8-21(13-23(22)26)29-12-10-19(16-29)14-27-24(30)20-7-4-11-28(17-20)15-18-5-2-1-3-6-18/h1-3,5-6,8-9,13,19-20H,4,7,10-12,14-17H2,(H,27,30)/t19-,20-/m1/s1. The lowest BCUT2D eigenvalue weighted by atomic mass is 9.96. The van der Waals surface area contributed by atoms with Gasteiger partial charge in [-0.05, 0) is 49.4 Å². The molecule has 1 amide bonds. The van der Waals surface area contributed by atoms with Crippen molar-refractivity contribution in [1.29, 1.82) is 0 Å². The molecule has 4 rings (SSSR count). The van der Waals surface area contributed by atoms with E-state index in [1.54, 1.807) is 6.07 Å². The lowest BCUT2D eigenvalue weighted by molar-refractivity contribution is -0.126. The van der Waals surface area contributed by atoms with E-state index in [-0.39, 0.29) is 11.8 Å². The van der Waals surface area contributed by atoms with E-state index in [9.17, 15) is 13.6 Å². The SMILES string of the molecule is O=C(NC[C@H]1CCN(c2ccc(F)c(F)c2)C1)[C@@H]1CCCN(Cc2ccccc2)C1. The molecule has 2 heterocycles. The fourth-order valence-electron chi connectivity index (χ4n) is 4.56. The number of piperidine rings is 1. The number of anilines is 1. The van der Waals surface area contributed by atoms with Crippen LogP contribution in [0.3, 0.4) is 0 Å². The van der Waals surface area contributed by atoms with Crippen LogP contribution in [0.15, 0.2) is 48.5 Å². The third kappa shape index (κ3) is 5.17. The summed E-state index contributed by atoms with van der Waals surface area (Å²) in [5.41, 5.74) is 1.98. The highest BCUT2D eigenvalue weighted by atomic mass is 19.2. The first kappa shape index (κ1) is 20.8. The van der Waals surface area contributed by atoms with Crippen molar-refractivity contribution in [2.24, 2.45) is 11.8 Å². The van der Waals surface area contributed by atoms with Gasteiger partial charge in [0.15, 0.2) is 11.6 Å². The Morgan fingerprint density at radius 3 is 2.63 bits per heavy atom. The first-order valence-corrected chi connectivity index (χ1v) is 10.8. The fourth-order valence-corrected chi connectivity index (χ4v) is 4.56. The lowest BCUT2D eigenvalue weighted by Crippen LogP contribution is -2.43. The topological polar surface area (TPSA) is 35.6 Å². The average Bonchev–Trinajstić information content (AvgIpc) is 3.24. The molecule has 2 atom stereocenters.